The van der Waals surface area contributed by atoms with Gasteiger partial charge in [0.05, 0.1) is 11.9 Å². The van der Waals surface area contributed by atoms with Crippen LogP contribution in [0.3, 0.4) is 0 Å². The minimum absolute atomic E-state index is 0.127. The van der Waals surface area contributed by atoms with Gasteiger partial charge in [-0.3, -0.25) is 4.79 Å². The van der Waals surface area contributed by atoms with Crippen LogP contribution in [-0.4, -0.2) is 15.0 Å². The zero-order valence-corrected chi connectivity index (χ0v) is 15.5. The second-order valence-corrected chi connectivity index (χ2v) is 7.00. The van der Waals surface area contributed by atoms with E-state index in [2.05, 4.69) is 42.9 Å². The number of rotatable bonds is 4. The van der Waals surface area contributed by atoms with Crippen LogP contribution in [0.15, 0.2) is 82.3 Å². The van der Waals surface area contributed by atoms with Gasteiger partial charge in [0.1, 0.15) is 5.52 Å². The lowest BCUT2D eigenvalue weighted by atomic mass is 10.2. The molecule has 26 heavy (non-hydrogen) atoms. The van der Waals surface area contributed by atoms with Crippen LogP contribution in [0.5, 0.6) is 0 Å². The summed E-state index contributed by atoms with van der Waals surface area (Å²) in [6, 6.07) is 19.4. The zero-order chi connectivity index (χ0) is 17.9. The summed E-state index contributed by atoms with van der Waals surface area (Å²) in [5.74, 6) is 0. The van der Waals surface area contributed by atoms with Crippen molar-refractivity contribution in [2.45, 2.75) is 13.1 Å². The SMILES string of the molecule is O=c1c2ccccc2nnn1Cc1ccc[n+](Cc2cccc(Br)c2)c1. The lowest BCUT2D eigenvalue weighted by Crippen LogP contribution is -2.34. The molecule has 0 amide bonds. The molecule has 6 heteroatoms. The van der Waals surface area contributed by atoms with E-state index in [-0.39, 0.29) is 5.56 Å². The summed E-state index contributed by atoms with van der Waals surface area (Å²) in [6.45, 7) is 1.14. The van der Waals surface area contributed by atoms with Crippen LogP contribution in [0, 0.1) is 0 Å². The van der Waals surface area contributed by atoms with Crippen LogP contribution in [0.4, 0.5) is 0 Å². The number of hydrogen-bond acceptors (Lipinski definition) is 3. The van der Waals surface area contributed by atoms with Crippen molar-refractivity contribution in [1.29, 1.82) is 0 Å². The van der Waals surface area contributed by atoms with E-state index in [0.717, 1.165) is 16.6 Å². The number of pyridine rings is 1. The minimum Gasteiger partial charge on any atom is -0.267 e. The molecule has 2 aromatic heterocycles. The summed E-state index contributed by atoms with van der Waals surface area (Å²) in [6.07, 6.45) is 4.05. The Morgan fingerprint density at radius 1 is 1.00 bits per heavy atom. The highest BCUT2D eigenvalue weighted by Gasteiger charge is 2.09. The topological polar surface area (TPSA) is 51.7 Å². The van der Waals surface area contributed by atoms with E-state index in [1.807, 2.05) is 48.8 Å². The molecule has 0 spiro atoms. The van der Waals surface area contributed by atoms with Crippen molar-refractivity contribution in [2.75, 3.05) is 0 Å². The van der Waals surface area contributed by atoms with Crippen LogP contribution < -0.4 is 10.1 Å². The van der Waals surface area contributed by atoms with E-state index in [1.54, 1.807) is 12.1 Å². The number of aromatic nitrogens is 4. The molecule has 0 aliphatic rings. The molecule has 0 unspecified atom stereocenters. The van der Waals surface area contributed by atoms with Gasteiger partial charge in [-0.25, -0.2) is 9.25 Å². The summed E-state index contributed by atoms with van der Waals surface area (Å²) in [7, 11) is 0. The maximum Gasteiger partial charge on any atom is 0.277 e. The molecule has 5 nitrogen and oxygen atoms in total. The number of hydrogen-bond donors (Lipinski definition) is 0. The van der Waals surface area contributed by atoms with Crippen LogP contribution in [-0.2, 0) is 13.1 Å². The summed E-state index contributed by atoms with van der Waals surface area (Å²) >= 11 is 3.50. The molecule has 0 radical (unpaired) electrons. The Bertz CT molecular complexity index is 1140. The van der Waals surface area contributed by atoms with Gasteiger partial charge in [-0.1, -0.05) is 45.4 Å². The van der Waals surface area contributed by atoms with Gasteiger partial charge in [0.2, 0.25) is 0 Å². The summed E-state index contributed by atoms with van der Waals surface area (Å²) < 4.78 is 4.56. The number of benzene rings is 2. The van der Waals surface area contributed by atoms with Crippen molar-refractivity contribution < 1.29 is 4.57 Å². The molecular formula is C20H16BrN4O+. The fourth-order valence-corrected chi connectivity index (χ4v) is 3.36. The highest BCUT2D eigenvalue weighted by molar-refractivity contribution is 9.10. The van der Waals surface area contributed by atoms with Crippen LogP contribution >= 0.6 is 15.9 Å². The van der Waals surface area contributed by atoms with Gasteiger partial charge < -0.3 is 0 Å². The Hall–Kier alpha value is -2.86. The fraction of sp³-hybridized carbons (Fsp3) is 0.100. The normalized spacial score (nSPS) is 11.0. The second kappa shape index (κ2) is 7.17. The number of nitrogens with zero attached hydrogens (tertiary/aromatic N) is 4. The predicted octanol–water partition coefficient (Wildman–Crippen LogP) is 2.94. The predicted molar refractivity (Wildman–Crippen MR) is 103 cm³/mol. The molecule has 0 aliphatic heterocycles. The maximum atomic E-state index is 12.6. The first-order valence-corrected chi connectivity index (χ1v) is 9.03. The monoisotopic (exact) mass is 407 g/mol. The van der Waals surface area contributed by atoms with E-state index < -0.39 is 0 Å². The summed E-state index contributed by atoms with van der Waals surface area (Å²) in [5, 5.41) is 8.79. The van der Waals surface area contributed by atoms with Gasteiger partial charge in [0, 0.05) is 21.7 Å². The highest BCUT2D eigenvalue weighted by Crippen LogP contribution is 2.11. The van der Waals surface area contributed by atoms with Crippen LogP contribution in [0.25, 0.3) is 10.9 Å². The van der Waals surface area contributed by atoms with Crippen molar-refractivity contribution in [1.82, 2.24) is 15.0 Å². The molecule has 128 valence electrons. The molecule has 0 saturated heterocycles. The largest absolute Gasteiger partial charge is 0.277 e. The Balaban J connectivity index is 1.61. The molecule has 0 aliphatic carbocycles. The first-order valence-electron chi connectivity index (χ1n) is 8.24. The fourth-order valence-electron chi connectivity index (χ4n) is 2.91. The van der Waals surface area contributed by atoms with Gasteiger partial charge >= 0.3 is 0 Å². The molecule has 0 atom stereocenters. The molecule has 0 fully saturated rings. The van der Waals surface area contributed by atoms with E-state index in [4.69, 9.17) is 0 Å². The third-order valence-corrected chi connectivity index (χ3v) is 4.63. The lowest BCUT2D eigenvalue weighted by molar-refractivity contribution is -0.688. The average Bonchev–Trinajstić information content (AvgIpc) is 2.65. The van der Waals surface area contributed by atoms with Crippen LogP contribution in [0.1, 0.15) is 11.1 Å². The first-order chi connectivity index (χ1) is 12.7. The van der Waals surface area contributed by atoms with Crippen molar-refractivity contribution in [2.24, 2.45) is 0 Å². The first kappa shape index (κ1) is 16.6. The van der Waals surface area contributed by atoms with Crippen molar-refractivity contribution in [3.05, 3.63) is 99.0 Å². The standard InChI is InChI=1S/C20H16BrN4O/c21-17-7-3-5-15(11-17)12-24-10-4-6-16(13-24)14-25-20(26)18-8-1-2-9-19(18)22-23-25/h1-11,13H,12,14H2/q+1. The molecule has 0 saturated carbocycles. The molecule has 2 aromatic carbocycles. The van der Waals surface area contributed by atoms with Gasteiger partial charge in [-0.15, -0.1) is 5.10 Å². The Morgan fingerprint density at radius 2 is 1.85 bits per heavy atom. The quantitative estimate of drug-likeness (QED) is 0.488. The van der Waals surface area contributed by atoms with Gasteiger partial charge in [0.15, 0.2) is 18.9 Å². The number of halogens is 1. The molecule has 4 rings (SSSR count). The molecule has 4 aromatic rings. The van der Waals surface area contributed by atoms with Crippen molar-refractivity contribution in [3.63, 3.8) is 0 Å². The van der Waals surface area contributed by atoms with Gasteiger partial charge in [0.25, 0.3) is 5.56 Å². The summed E-state index contributed by atoms with van der Waals surface area (Å²) in [5.41, 5.74) is 2.68. The average molecular weight is 408 g/mol. The lowest BCUT2D eigenvalue weighted by Gasteiger charge is -2.05. The van der Waals surface area contributed by atoms with E-state index in [0.29, 0.717) is 17.4 Å². The molecular weight excluding hydrogens is 392 g/mol. The smallest absolute Gasteiger partial charge is 0.267 e. The zero-order valence-electron chi connectivity index (χ0n) is 13.9. The third kappa shape index (κ3) is 3.55. The molecule has 0 N–H and O–H groups in total. The van der Waals surface area contributed by atoms with E-state index in [9.17, 15) is 4.79 Å². The number of fused-ring (bicyclic) bond motifs is 1. The van der Waals surface area contributed by atoms with E-state index in [1.165, 1.54) is 10.2 Å². The van der Waals surface area contributed by atoms with Crippen molar-refractivity contribution in [3.8, 4) is 0 Å². The second-order valence-electron chi connectivity index (χ2n) is 6.08. The third-order valence-electron chi connectivity index (χ3n) is 4.14. The Morgan fingerprint density at radius 3 is 2.73 bits per heavy atom. The van der Waals surface area contributed by atoms with Crippen LogP contribution in [0.2, 0.25) is 0 Å². The minimum atomic E-state index is -0.127. The maximum absolute atomic E-state index is 12.6. The van der Waals surface area contributed by atoms with Gasteiger partial charge in [-0.2, -0.15) is 0 Å². The van der Waals surface area contributed by atoms with Crippen molar-refractivity contribution >= 4 is 26.8 Å². The van der Waals surface area contributed by atoms with Gasteiger partial charge in [-0.05, 0) is 30.3 Å². The summed E-state index contributed by atoms with van der Waals surface area (Å²) in [4.78, 5) is 12.6. The molecule has 0 bridgehead atoms. The Labute approximate surface area is 158 Å². The Kier molecular flexibility index (Phi) is 4.58. The van der Waals surface area contributed by atoms with E-state index >= 15 is 0 Å². The highest BCUT2D eigenvalue weighted by atomic mass is 79.9. The molecule has 2 heterocycles.